The SMILES string of the molecule is CCCCCCCCCCCCC[C@@H](C)CO. The normalized spacial score (nSPS) is 12.9. The van der Waals surface area contributed by atoms with E-state index in [4.69, 9.17) is 5.11 Å². The van der Waals surface area contributed by atoms with Gasteiger partial charge in [-0.2, -0.15) is 0 Å². The van der Waals surface area contributed by atoms with Crippen LogP contribution in [-0.4, -0.2) is 11.7 Å². The summed E-state index contributed by atoms with van der Waals surface area (Å²) < 4.78 is 0. The number of aliphatic hydroxyl groups excluding tert-OH is 1. The Labute approximate surface area is 109 Å². The van der Waals surface area contributed by atoms with Gasteiger partial charge in [-0.15, -0.1) is 0 Å². The summed E-state index contributed by atoms with van der Waals surface area (Å²) in [5.74, 6) is 0.508. The molecule has 1 heteroatoms. The molecule has 0 amide bonds. The zero-order valence-electron chi connectivity index (χ0n) is 12.2. The van der Waals surface area contributed by atoms with E-state index in [0.29, 0.717) is 12.5 Å². The van der Waals surface area contributed by atoms with Gasteiger partial charge in [0.2, 0.25) is 0 Å². The van der Waals surface area contributed by atoms with Crippen LogP contribution in [0.4, 0.5) is 0 Å². The van der Waals surface area contributed by atoms with E-state index in [-0.39, 0.29) is 0 Å². The minimum absolute atomic E-state index is 0.359. The first kappa shape index (κ1) is 17.0. The molecule has 0 aliphatic rings. The summed E-state index contributed by atoms with van der Waals surface area (Å²) in [5, 5.41) is 8.90. The molecule has 0 bridgehead atoms. The quantitative estimate of drug-likeness (QED) is 0.434. The van der Waals surface area contributed by atoms with Crippen LogP contribution < -0.4 is 0 Å². The molecule has 0 radical (unpaired) electrons. The van der Waals surface area contributed by atoms with E-state index < -0.39 is 0 Å². The Morgan fingerprint density at radius 1 is 0.706 bits per heavy atom. The lowest BCUT2D eigenvalue weighted by Gasteiger charge is -2.06. The number of unbranched alkanes of at least 4 members (excludes halogenated alkanes) is 10. The van der Waals surface area contributed by atoms with Crippen molar-refractivity contribution in [2.45, 2.75) is 90.9 Å². The highest BCUT2D eigenvalue weighted by atomic mass is 16.3. The molecule has 0 aromatic carbocycles. The van der Waals surface area contributed by atoms with Crippen molar-refractivity contribution in [3.8, 4) is 0 Å². The summed E-state index contributed by atoms with van der Waals surface area (Å²) >= 11 is 0. The molecule has 0 fully saturated rings. The molecule has 0 aromatic heterocycles. The smallest absolute Gasteiger partial charge is 0.0456 e. The van der Waals surface area contributed by atoms with Crippen molar-refractivity contribution >= 4 is 0 Å². The first-order chi connectivity index (χ1) is 8.31. The maximum Gasteiger partial charge on any atom is 0.0456 e. The topological polar surface area (TPSA) is 20.2 Å². The molecule has 0 unspecified atom stereocenters. The Hall–Kier alpha value is -0.0400. The lowest BCUT2D eigenvalue weighted by molar-refractivity contribution is 0.227. The van der Waals surface area contributed by atoms with Crippen LogP contribution >= 0.6 is 0 Å². The first-order valence-electron chi connectivity index (χ1n) is 7.92. The molecule has 0 saturated heterocycles. The van der Waals surface area contributed by atoms with Crippen LogP contribution in [0.1, 0.15) is 90.9 Å². The molecular formula is C16H34O. The predicted molar refractivity (Wildman–Crippen MR) is 77.3 cm³/mol. The van der Waals surface area contributed by atoms with Crippen molar-refractivity contribution in [1.29, 1.82) is 0 Å². The number of hydrogen-bond donors (Lipinski definition) is 1. The van der Waals surface area contributed by atoms with E-state index in [1.165, 1.54) is 77.0 Å². The maximum absolute atomic E-state index is 8.90. The fourth-order valence-electron chi connectivity index (χ4n) is 2.25. The molecule has 1 nitrogen and oxygen atoms in total. The summed E-state index contributed by atoms with van der Waals surface area (Å²) in [5.41, 5.74) is 0. The summed E-state index contributed by atoms with van der Waals surface area (Å²) in [6, 6.07) is 0. The molecule has 0 aliphatic carbocycles. The predicted octanol–water partition coefficient (Wildman–Crippen LogP) is 5.32. The zero-order valence-corrected chi connectivity index (χ0v) is 12.2. The van der Waals surface area contributed by atoms with Crippen LogP contribution in [-0.2, 0) is 0 Å². The Morgan fingerprint density at radius 3 is 1.53 bits per heavy atom. The zero-order chi connectivity index (χ0) is 12.8. The minimum atomic E-state index is 0.359. The summed E-state index contributed by atoms with van der Waals surface area (Å²) in [6.07, 6.45) is 16.7. The molecule has 0 spiro atoms. The molecule has 0 aromatic rings. The second-order valence-corrected chi connectivity index (χ2v) is 5.61. The summed E-state index contributed by atoms with van der Waals surface area (Å²) in [7, 11) is 0. The fourth-order valence-corrected chi connectivity index (χ4v) is 2.25. The largest absolute Gasteiger partial charge is 0.396 e. The second-order valence-electron chi connectivity index (χ2n) is 5.61. The van der Waals surface area contributed by atoms with Gasteiger partial charge in [0.25, 0.3) is 0 Å². The van der Waals surface area contributed by atoms with Gasteiger partial charge >= 0.3 is 0 Å². The van der Waals surface area contributed by atoms with E-state index in [2.05, 4.69) is 13.8 Å². The van der Waals surface area contributed by atoms with Crippen LogP contribution in [0, 0.1) is 5.92 Å². The van der Waals surface area contributed by atoms with Gasteiger partial charge in [0, 0.05) is 6.61 Å². The van der Waals surface area contributed by atoms with Crippen molar-refractivity contribution < 1.29 is 5.11 Å². The standard InChI is InChI=1S/C16H34O/c1-3-4-5-6-7-8-9-10-11-12-13-14-16(2)15-17/h16-17H,3-15H2,1-2H3/t16-/m1/s1. The monoisotopic (exact) mass is 242 g/mol. The first-order valence-corrected chi connectivity index (χ1v) is 7.92. The third kappa shape index (κ3) is 13.9. The van der Waals surface area contributed by atoms with Gasteiger partial charge in [-0.25, -0.2) is 0 Å². The van der Waals surface area contributed by atoms with Crippen LogP contribution in [0.2, 0.25) is 0 Å². The van der Waals surface area contributed by atoms with E-state index in [9.17, 15) is 0 Å². The Morgan fingerprint density at radius 2 is 1.12 bits per heavy atom. The number of rotatable bonds is 13. The molecule has 1 atom stereocenters. The van der Waals surface area contributed by atoms with Crippen LogP contribution in [0.5, 0.6) is 0 Å². The highest BCUT2D eigenvalue weighted by Gasteiger charge is 1.99. The minimum Gasteiger partial charge on any atom is -0.396 e. The van der Waals surface area contributed by atoms with Crippen molar-refractivity contribution in [3.05, 3.63) is 0 Å². The molecule has 0 aliphatic heterocycles. The lowest BCUT2D eigenvalue weighted by Crippen LogP contribution is -1.99. The highest BCUT2D eigenvalue weighted by Crippen LogP contribution is 2.13. The average Bonchev–Trinajstić information content (AvgIpc) is 2.35. The third-order valence-electron chi connectivity index (χ3n) is 3.61. The average molecular weight is 242 g/mol. The highest BCUT2D eigenvalue weighted by molar-refractivity contribution is 4.52. The van der Waals surface area contributed by atoms with Gasteiger partial charge in [-0.3, -0.25) is 0 Å². The van der Waals surface area contributed by atoms with E-state index in [0.717, 1.165) is 0 Å². The van der Waals surface area contributed by atoms with Crippen molar-refractivity contribution in [3.63, 3.8) is 0 Å². The fraction of sp³-hybridized carbons (Fsp3) is 1.00. The Kier molecular flexibility index (Phi) is 14.0. The molecule has 104 valence electrons. The van der Waals surface area contributed by atoms with Crippen LogP contribution in [0.3, 0.4) is 0 Å². The van der Waals surface area contributed by atoms with Crippen LogP contribution in [0.25, 0.3) is 0 Å². The van der Waals surface area contributed by atoms with Crippen LogP contribution in [0.15, 0.2) is 0 Å². The second kappa shape index (κ2) is 14.0. The molecule has 0 saturated carbocycles. The van der Waals surface area contributed by atoms with E-state index in [1.807, 2.05) is 0 Å². The number of hydrogen-bond acceptors (Lipinski definition) is 1. The van der Waals surface area contributed by atoms with Crippen molar-refractivity contribution in [2.24, 2.45) is 5.92 Å². The number of aliphatic hydroxyl groups is 1. The van der Waals surface area contributed by atoms with Gasteiger partial charge < -0.3 is 5.11 Å². The van der Waals surface area contributed by atoms with Gasteiger partial charge in [-0.05, 0) is 12.3 Å². The van der Waals surface area contributed by atoms with Gasteiger partial charge in [0.1, 0.15) is 0 Å². The van der Waals surface area contributed by atoms with Gasteiger partial charge in [0.05, 0.1) is 0 Å². The molecule has 17 heavy (non-hydrogen) atoms. The van der Waals surface area contributed by atoms with Crippen molar-refractivity contribution in [2.75, 3.05) is 6.61 Å². The van der Waals surface area contributed by atoms with E-state index in [1.54, 1.807) is 0 Å². The molecule has 0 heterocycles. The third-order valence-corrected chi connectivity index (χ3v) is 3.61. The Bertz CT molecular complexity index is 133. The maximum atomic E-state index is 8.90. The van der Waals surface area contributed by atoms with E-state index >= 15 is 0 Å². The Balaban J connectivity index is 2.94. The summed E-state index contributed by atoms with van der Waals surface area (Å²) in [6.45, 7) is 4.77. The molecular weight excluding hydrogens is 208 g/mol. The molecule has 1 N–H and O–H groups in total. The lowest BCUT2D eigenvalue weighted by atomic mass is 10.0. The summed E-state index contributed by atoms with van der Waals surface area (Å²) in [4.78, 5) is 0. The van der Waals surface area contributed by atoms with Gasteiger partial charge in [-0.1, -0.05) is 84.5 Å². The van der Waals surface area contributed by atoms with Gasteiger partial charge in [0.15, 0.2) is 0 Å². The van der Waals surface area contributed by atoms with Crippen molar-refractivity contribution in [1.82, 2.24) is 0 Å². The molecule has 0 rings (SSSR count).